The van der Waals surface area contributed by atoms with E-state index in [1.165, 1.54) is 43.8 Å². The molecule has 1 aliphatic carbocycles. The molecule has 0 atom stereocenters. The molecule has 62 heavy (non-hydrogen) atoms. The fraction of sp³-hybridized carbons (Fsp3) is 0.163. The lowest BCUT2D eigenvalue weighted by molar-refractivity contribution is -0.164. The van der Waals surface area contributed by atoms with Crippen LogP contribution in [0.5, 0.6) is 0 Å². The summed E-state index contributed by atoms with van der Waals surface area (Å²) in [4.78, 5) is 69.6. The molecule has 0 saturated carbocycles. The Morgan fingerprint density at radius 1 is 0.677 bits per heavy atom. The van der Waals surface area contributed by atoms with Crippen LogP contribution in [-0.4, -0.2) is 56.7 Å². The molecule has 2 aromatic carbocycles. The van der Waals surface area contributed by atoms with E-state index in [1.54, 1.807) is 74.5 Å². The number of rotatable bonds is 10. The summed E-state index contributed by atoms with van der Waals surface area (Å²) in [6.45, 7) is 3.37. The average Bonchev–Trinajstić information content (AvgIpc) is 4.12. The van der Waals surface area contributed by atoms with Crippen molar-refractivity contribution in [1.82, 2.24) is 9.80 Å². The standard InChI is InChI=1S/C43H26N8O6S5/c1-3-50-37(52)35(61-39(50)25(17-44)18-45)48-29-15-27-31(43(29,41(54)56-21-23-11-7-5-8-12-23)42(55)57-22-24-13-9-6-10-14-24)33-34(58-27)32-28(59-33)16-30(60-32)49-36-38(53)51(4-2)40(62-36)26(19-46)20-47/h5-16H,3-4,21-22H2,1-2H3. The molecule has 5 heterocycles. The third-order valence-corrected chi connectivity index (χ3v) is 15.6. The lowest BCUT2D eigenvalue weighted by atomic mass is 9.81. The van der Waals surface area contributed by atoms with Gasteiger partial charge in [-0.3, -0.25) is 29.0 Å². The van der Waals surface area contributed by atoms with Gasteiger partial charge in [-0.15, -0.1) is 34.0 Å². The number of benzene rings is 2. The van der Waals surface area contributed by atoms with E-state index in [1.807, 2.05) is 36.4 Å². The SMILES string of the molecule is CCN1C(=O)C(=NC2=Cc3sc4c(sc5cc(N=C6SC(=C(C#N)C#N)N(CC)C6=O)sc54)c3C2(C(=O)OCc2ccccc2)C(=O)OCc2ccccc2)SC1=C(C#N)C#N. The Kier molecular flexibility index (Phi) is 11.7. The number of fused-ring (bicyclic) bond motifs is 5. The van der Waals surface area contributed by atoms with Crippen molar-refractivity contribution in [3.05, 3.63) is 115 Å². The van der Waals surface area contributed by atoms with Gasteiger partial charge < -0.3 is 9.47 Å². The maximum atomic E-state index is 15.0. The number of ether oxygens (including phenoxy) is 2. The van der Waals surface area contributed by atoms with Gasteiger partial charge in [-0.1, -0.05) is 60.7 Å². The highest BCUT2D eigenvalue weighted by atomic mass is 32.2. The minimum Gasteiger partial charge on any atom is -0.459 e. The minimum absolute atomic E-state index is 0.0849. The van der Waals surface area contributed by atoms with Gasteiger partial charge in [0.1, 0.15) is 52.5 Å². The number of carbonyl (C=O) groups excluding carboxylic acids is 4. The van der Waals surface area contributed by atoms with Gasteiger partial charge in [0.15, 0.2) is 21.2 Å². The van der Waals surface area contributed by atoms with E-state index >= 15 is 9.59 Å². The van der Waals surface area contributed by atoms with Crippen LogP contribution in [0.1, 0.15) is 35.4 Å². The maximum absolute atomic E-state index is 15.0. The van der Waals surface area contributed by atoms with Crippen LogP contribution in [0.25, 0.3) is 24.9 Å². The summed E-state index contributed by atoms with van der Waals surface area (Å²) in [5.41, 5.74) is -1.36. The molecule has 2 saturated heterocycles. The molecule has 2 fully saturated rings. The Balaban J connectivity index is 1.29. The summed E-state index contributed by atoms with van der Waals surface area (Å²) in [5.74, 6) is -3.02. The van der Waals surface area contributed by atoms with Crippen molar-refractivity contribution in [1.29, 1.82) is 21.0 Å². The van der Waals surface area contributed by atoms with E-state index in [0.717, 1.165) is 37.6 Å². The highest BCUT2D eigenvalue weighted by Gasteiger charge is 2.60. The van der Waals surface area contributed by atoms with Crippen LogP contribution in [0, 0.1) is 45.3 Å². The number of amides is 2. The second-order valence-corrected chi connectivity index (χ2v) is 18.3. The van der Waals surface area contributed by atoms with E-state index in [0.29, 0.717) is 25.7 Å². The van der Waals surface area contributed by atoms with E-state index in [9.17, 15) is 30.6 Å². The molecule has 304 valence electrons. The lowest BCUT2D eigenvalue weighted by Crippen LogP contribution is -2.46. The van der Waals surface area contributed by atoms with Gasteiger partial charge in [0.25, 0.3) is 11.8 Å². The summed E-state index contributed by atoms with van der Waals surface area (Å²) in [5, 5.41) is 39.1. The summed E-state index contributed by atoms with van der Waals surface area (Å²) < 4.78 is 14.8. The lowest BCUT2D eigenvalue weighted by Gasteiger charge is -2.27. The normalized spacial score (nSPS) is 16.6. The van der Waals surface area contributed by atoms with Crippen molar-refractivity contribution >= 4 is 121 Å². The minimum atomic E-state index is -2.34. The van der Waals surface area contributed by atoms with E-state index in [-0.39, 0.29) is 68.9 Å². The van der Waals surface area contributed by atoms with Gasteiger partial charge in [0.2, 0.25) is 5.41 Å². The number of nitrogens with zero attached hydrogens (tertiary/aromatic N) is 8. The highest BCUT2D eigenvalue weighted by molar-refractivity contribution is 8.20. The predicted molar refractivity (Wildman–Crippen MR) is 238 cm³/mol. The molecule has 0 bridgehead atoms. The van der Waals surface area contributed by atoms with Gasteiger partial charge in [-0.05, 0) is 60.6 Å². The Hall–Kier alpha value is -6.84. The number of aliphatic imine (C=N–C) groups is 2. The number of hydrogen-bond acceptors (Lipinski definition) is 17. The maximum Gasteiger partial charge on any atom is 0.334 e. The number of thioether (sulfide) groups is 2. The zero-order valence-corrected chi connectivity index (χ0v) is 36.4. The van der Waals surface area contributed by atoms with Gasteiger partial charge >= 0.3 is 11.9 Å². The average molecular weight is 911 g/mol. The molecule has 2 amide bonds. The first-order valence-corrected chi connectivity index (χ1v) is 22.6. The van der Waals surface area contributed by atoms with Crippen LogP contribution in [0.3, 0.4) is 0 Å². The topological polar surface area (TPSA) is 213 Å². The van der Waals surface area contributed by atoms with Gasteiger partial charge in [0.05, 0.1) is 19.8 Å². The molecule has 3 aliphatic rings. The Morgan fingerprint density at radius 3 is 1.66 bits per heavy atom. The van der Waals surface area contributed by atoms with E-state index in [4.69, 9.17) is 14.5 Å². The van der Waals surface area contributed by atoms with Crippen molar-refractivity contribution in [2.45, 2.75) is 32.5 Å². The molecule has 0 unspecified atom stereocenters. The summed E-state index contributed by atoms with van der Waals surface area (Å²) in [7, 11) is 0. The second-order valence-electron chi connectivity index (χ2n) is 13.2. The van der Waals surface area contributed by atoms with E-state index in [2.05, 4.69) is 4.99 Å². The van der Waals surface area contributed by atoms with Gasteiger partial charge in [-0.2, -0.15) is 21.0 Å². The van der Waals surface area contributed by atoms with Crippen LogP contribution in [0.2, 0.25) is 0 Å². The number of nitriles is 4. The van der Waals surface area contributed by atoms with Crippen molar-refractivity contribution in [3.63, 3.8) is 0 Å². The van der Waals surface area contributed by atoms with Gasteiger partial charge in [0, 0.05) is 28.2 Å². The van der Waals surface area contributed by atoms with Crippen molar-refractivity contribution < 1.29 is 28.7 Å². The molecule has 3 aromatic heterocycles. The quantitative estimate of drug-likeness (QED) is 0.0734. The largest absolute Gasteiger partial charge is 0.459 e. The molecular formula is C43H26N8O6S5. The van der Waals surface area contributed by atoms with Gasteiger partial charge in [-0.25, -0.2) is 9.98 Å². The Morgan fingerprint density at radius 2 is 1.18 bits per heavy atom. The third kappa shape index (κ3) is 7.06. The molecule has 19 heteroatoms. The first-order valence-electron chi connectivity index (χ1n) is 18.5. The van der Waals surface area contributed by atoms with Crippen molar-refractivity contribution in [3.8, 4) is 24.3 Å². The molecule has 2 aliphatic heterocycles. The van der Waals surface area contributed by atoms with Crippen LogP contribution in [0.15, 0.2) is 104 Å². The summed E-state index contributed by atoms with van der Waals surface area (Å²) in [6.07, 6.45) is 1.57. The van der Waals surface area contributed by atoms with Crippen LogP contribution in [-0.2, 0) is 47.3 Å². The number of hydrogen-bond donors (Lipinski definition) is 0. The number of thiophene rings is 3. The summed E-state index contributed by atoms with van der Waals surface area (Å²) in [6, 6.07) is 27.0. The highest BCUT2D eigenvalue weighted by Crippen LogP contribution is 2.57. The fourth-order valence-corrected chi connectivity index (χ4v) is 13.2. The molecule has 0 radical (unpaired) electrons. The zero-order chi connectivity index (χ0) is 43.7. The van der Waals surface area contributed by atoms with Crippen LogP contribution >= 0.6 is 57.5 Å². The molecule has 14 nitrogen and oxygen atoms in total. The molecule has 8 rings (SSSR count). The predicted octanol–water partition coefficient (Wildman–Crippen LogP) is 8.39. The molecule has 0 spiro atoms. The van der Waals surface area contributed by atoms with Crippen LogP contribution < -0.4 is 0 Å². The first-order chi connectivity index (χ1) is 30.1. The van der Waals surface area contributed by atoms with E-state index < -0.39 is 29.2 Å². The number of allylic oxidation sites excluding steroid dienone is 2. The van der Waals surface area contributed by atoms with Crippen LogP contribution in [0.4, 0.5) is 5.00 Å². The third-order valence-electron chi connectivity index (χ3n) is 9.73. The Bertz CT molecular complexity index is 3010. The first kappa shape index (κ1) is 41.9. The number of carbonyl (C=O) groups is 4. The smallest absolute Gasteiger partial charge is 0.334 e. The van der Waals surface area contributed by atoms with Crippen molar-refractivity contribution in [2.24, 2.45) is 9.98 Å². The fourth-order valence-electron chi connectivity index (χ4n) is 6.87. The second kappa shape index (κ2) is 17.3. The molecule has 5 aromatic rings. The molecule has 0 N–H and O–H groups in total. The zero-order valence-electron chi connectivity index (χ0n) is 32.3. The van der Waals surface area contributed by atoms with Crippen molar-refractivity contribution in [2.75, 3.05) is 13.1 Å². The summed E-state index contributed by atoms with van der Waals surface area (Å²) >= 11 is 5.63. The molecular weight excluding hydrogens is 885 g/mol. The Labute approximate surface area is 373 Å². The number of esters is 2. The monoisotopic (exact) mass is 910 g/mol.